The summed E-state index contributed by atoms with van der Waals surface area (Å²) in [6.07, 6.45) is -10.7. The number of hydrogen-bond donors (Lipinski definition) is 1. The van der Waals surface area contributed by atoms with Gasteiger partial charge in [-0.1, -0.05) is 39.0 Å². The van der Waals surface area contributed by atoms with Crippen LogP contribution in [0, 0.1) is 0 Å². The lowest BCUT2D eigenvalue weighted by Crippen LogP contribution is -2.68. The van der Waals surface area contributed by atoms with Crippen LogP contribution in [0.4, 0.5) is 0 Å². The molecule has 1 N–H and O–H groups in total. The summed E-state index contributed by atoms with van der Waals surface area (Å²) in [6.45, 7) is 7.71. The van der Waals surface area contributed by atoms with Crippen molar-refractivity contribution in [3.63, 3.8) is 0 Å². The molecule has 0 aromatic rings. The Balaban J connectivity index is 2.67. The number of carbonyl (C=O) groups is 8. The number of ether oxygens (including phenoxy) is 10. The van der Waals surface area contributed by atoms with E-state index in [0.29, 0.717) is 6.42 Å². The standard InChI is InChI=1S/C36H55NO20S/c1-9-10-11-12-13-14-15-37-28(45)18-58(46,47)36-34(54-25(8)44)32(52-23(6)42)30(27(56-36)17-49-20(3)39)57-35-33(53-24(7)43)31(51-22(5)41)29(50-21(4)40)26(55-35)16-48-19(2)38/h26-27,29-36H,9-18H2,1-8H3,(H,37,45)/t26-,27-,29+,30-,31+,32+,33-,34-,35+,36+/m1/s1. The van der Waals surface area contributed by atoms with Crippen molar-refractivity contribution >= 4 is 57.5 Å². The van der Waals surface area contributed by atoms with Crippen LogP contribution in [0.15, 0.2) is 0 Å². The number of amides is 1. The SMILES string of the molecule is CCCCCCCCNC(=O)CS(=O)(=O)[C@@H]1O[C@H](COC(C)=O)[C@@H](O[C@@H]2O[C@H](COC(C)=O)[C@H](OC(C)=O)[C@H](OC(C)=O)[C@H]2OC(C)=O)[C@H](OC(C)=O)[C@H]1OC(C)=O. The molecule has 1 amide bonds. The Morgan fingerprint density at radius 2 is 0.948 bits per heavy atom. The van der Waals surface area contributed by atoms with Crippen LogP contribution in [0.3, 0.4) is 0 Å². The van der Waals surface area contributed by atoms with Crippen molar-refractivity contribution in [1.82, 2.24) is 5.32 Å². The van der Waals surface area contributed by atoms with Gasteiger partial charge in [-0.3, -0.25) is 38.4 Å². The van der Waals surface area contributed by atoms with E-state index in [2.05, 4.69) is 12.2 Å². The molecule has 2 fully saturated rings. The molecule has 22 heteroatoms. The van der Waals surface area contributed by atoms with Crippen LogP contribution in [-0.4, -0.2) is 142 Å². The molecule has 2 aliphatic heterocycles. The molecule has 2 aliphatic rings. The quantitative estimate of drug-likeness (QED) is 0.0935. The van der Waals surface area contributed by atoms with Gasteiger partial charge in [0.2, 0.25) is 5.91 Å². The van der Waals surface area contributed by atoms with Gasteiger partial charge in [-0.2, -0.15) is 0 Å². The Labute approximate surface area is 336 Å². The van der Waals surface area contributed by atoms with E-state index in [0.717, 1.165) is 80.6 Å². The van der Waals surface area contributed by atoms with E-state index in [-0.39, 0.29) is 6.54 Å². The van der Waals surface area contributed by atoms with Crippen molar-refractivity contribution in [2.45, 2.75) is 154 Å². The van der Waals surface area contributed by atoms with Crippen LogP contribution in [0.1, 0.15) is 93.9 Å². The number of sulfone groups is 1. The van der Waals surface area contributed by atoms with Gasteiger partial charge >= 0.3 is 41.8 Å². The fourth-order valence-electron chi connectivity index (χ4n) is 6.21. The minimum absolute atomic E-state index is 0.177. The molecule has 0 saturated carbocycles. The summed E-state index contributed by atoms with van der Waals surface area (Å²) in [5.74, 6) is -8.76. The highest BCUT2D eigenvalue weighted by molar-refractivity contribution is 7.92. The first kappa shape index (κ1) is 49.7. The van der Waals surface area contributed by atoms with Gasteiger partial charge < -0.3 is 52.7 Å². The van der Waals surface area contributed by atoms with Crippen LogP contribution < -0.4 is 5.32 Å². The molecular weight excluding hydrogens is 798 g/mol. The number of rotatable bonds is 21. The summed E-state index contributed by atoms with van der Waals surface area (Å²) in [5, 5.41) is 2.54. The Kier molecular flexibility index (Phi) is 20.5. The van der Waals surface area contributed by atoms with Gasteiger partial charge in [-0.05, 0) is 6.42 Å². The fourth-order valence-corrected chi connectivity index (χ4v) is 7.77. The zero-order valence-corrected chi connectivity index (χ0v) is 34.7. The summed E-state index contributed by atoms with van der Waals surface area (Å²) in [4.78, 5) is 98.9. The third-order valence-corrected chi connectivity index (χ3v) is 10.2. The third-order valence-electron chi connectivity index (χ3n) is 8.42. The molecule has 21 nitrogen and oxygen atoms in total. The average molecular weight is 854 g/mol. The van der Waals surface area contributed by atoms with Crippen LogP contribution in [0.25, 0.3) is 0 Å². The van der Waals surface area contributed by atoms with E-state index in [4.69, 9.17) is 47.4 Å². The summed E-state index contributed by atoms with van der Waals surface area (Å²) in [7, 11) is -4.77. The smallest absolute Gasteiger partial charge is 0.303 e. The van der Waals surface area contributed by atoms with Gasteiger partial charge in [0.1, 0.15) is 37.3 Å². The van der Waals surface area contributed by atoms with Crippen molar-refractivity contribution < 1.29 is 94.1 Å². The monoisotopic (exact) mass is 853 g/mol. The van der Waals surface area contributed by atoms with Crippen molar-refractivity contribution in [2.24, 2.45) is 0 Å². The Bertz CT molecular complexity index is 1570. The second-order valence-corrected chi connectivity index (χ2v) is 15.7. The predicted molar refractivity (Wildman–Crippen MR) is 193 cm³/mol. The Hall–Kier alpha value is -4.41. The van der Waals surface area contributed by atoms with Gasteiger partial charge in [-0.25, -0.2) is 8.42 Å². The largest absolute Gasteiger partial charge is 0.463 e. The van der Waals surface area contributed by atoms with Gasteiger partial charge in [-0.15, -0.1) is 0 Å². The van der Waals surface area contributed by atoms with E-state index in [1.54, 1.807) is 0 Å². The molecule has 2 heterocycles. The van der Waals surface area contributed by atoms with E-state index in [9.17, 15) is 46.8 Å². The van der Waals surface area contributed by atoms with Crippen LogP contribution in [0.5, 0.6) is 0 Å². The molecule has 0 radical (unpaired) electrons. The third kappa shape index (κ3) is 16.5. The molecule has 0 aromatic carbocycles. The van der Waals surface area contributed by atoms with Crippen LogP contribution >= 0.6 is 0 Å². The average Bonchev–Trinajstić information content (AvgIpc) is 3.09. The van der Waals surface area contributed by atoms with E-state index < -0.39 is 137 Å². The molecule has 2 saturated heterocycles. The summed E-state index contributed by atoms with van der Waals surface area (Å²) >= 11 is 0. The number of carbonyl (C=O) groups excluding carboxylic acids is 8. The van der Waals surface area contributed by atoms with Crippen molar-refractivity contribution in [3.05, 3.63) is 0 Å². The first-order valence-corrected chi connectivity index (χ1v) is 20.5. The summed E-state index contributed by atoms with van der Waals surface area (Å²) in [5.41, 5.74) is -2.23. The lowest BCUT2D eigenvalue weighted by Gasteiger charge is -2.48. The Morgan fingerprint density at radius 1 is 0.517 bits per heavy atom. The minimum Gasteiger partial charge on any atom is -0.463 e. The highest BCUT2D eigenvalue weighted by Crippen LogP contribution is 2.36. The van der Waals surface area contributed by atoms with Gasteiger partial charge in [0, 0.05) is 55.0 Å². The maximum absolute atomic E-state index is 13.9. The normalized spacial score (nSPS) is 26.9. The zero-order chi connectivity index (χ0) is 43.7. The molecule has 0 aliphatic carbocycles. The van der Waals surface area contributed by atoms with E-state index in [1.807, 2.05) is 0 Å². The second-order valence-electron chi connectivity index (χ2n) is 13.6. The van der Waals surface area contributed by atoms with Crippen molar-refractivity contribution in [1.29, 1.82) is 0 Å². The van der Waals surface area contributed by atoms with Crippen LogP contribution in [-0.2, 0) is 95.6 Å². The second kappa shape index (κ2) is 23.9. The van der Waals surface area contributed by atoms with Crippen molar-refractivity contribution in [3.8, 4) is 0 Å². The lowest BCUT2D eigenvalue weighted by atomic mass is 9.96. The highest BCUT2D eigenvalue weighted by atomic mass is 32.2. The van der Waals surface area contributed by atoms with Crippen LogP contribution in [0.2, 0.25) is 0 Å². The minimum atomic E-state index is -4.77. The fraction of sp³-hybridized carbons (Fsp3) is 0.778. The molecule has 2 rings (SSSR count). The maximum Gasteiger partial charge on any atom is 0.303 e. The van der Waals surface area contributed by atoms with Gasteiger partial charge in [0.05, 0.1) is 0 Å². The molecule has 0 spiro atoms. The molecule has 330 valence electrons. The lowest BCUT2D eigenvalue weighted by molar-refractivity contribution is -0.341. The van der Waals surface area contributed by atoms with Gasteiger partial charge in [0.25, 0.3) is 0 Å². The van der Waals surface area contributed by atoms with Gasteiger partial charge in [0.15, 0.2) is 52.1 Å². The first-order chi connectivity index (χ1) is 27.2. The first-order valence-electron chi connectivity index (χ1n) is 18.7. The van der Waals surface area contributed by atoms with Crippen molar-refractivity contribution in [2.75, 3.05) is 25.5 Å². The topological polar surface area (TPSA) is 275 Å². The molecular formula is C36H55NO20S. The zero-order valence-electron chi connectivity index (χ0n) is 33.9. The Morgan fingerprint density at radius 3 is 1.45 bits per heavy atom. The molecule has 58 heavy (non-hydrogen) atoms. The number of esters is 7. The molecule has 10 atom stereocenters. The molecule has 0 unspecified atom stereocenters. The maximum atomic E-state index is 13.9. The predicted octanol–water partition coefficient (Wildman–Crippen LogP) is 0.498. The number of nitrogens with one attached hydrogen (secondary N) is 1. The molecule has 0 aromatic heterocycles. The number of unbranched alkanes of at least 4 members (excludes halogenated alkanes) is 5. The number of hydrogen-bond acceptors (Lipinski definition) is 20. The summed E-state index contributed by atoms with van der Waals surface area (Å²) in [6, 6.07) is 0. The highest BCUT2D eigenvalue weighted by Gasteiger charge is 2.59. The van der Waals surface area contributed by atoms with E-state index in [1.165, 1.54) is 0 Å². The van der Waals surface area contributed by atoms with E-state index >= 15 is 0 Å². The molecule has 0 bridgehead atoms. The summed E-state index contributed by atoms with van der Waals surface area (Å²) < 4.78 is 83.4.